The van der Waals surface area contributed by atoms with Crippen LogP contribution in [0.2, 0.25) is 0 Å². The largest absolute Gasteiger partial charge is 0.374 e. The van der Waals surface area contributed by atoms with Crippen LogP contribution < -0.4 is 16.4 Å². The monoisotopic (exact) mass is 453 g/mol. The van der Waals surface area contributed by atoms with Crippen molar-refractivity contribution in [3.8, 4) is 0 Å². The summed E-state index contributed by atoms with van der Waals surface area (Å²) in [6.07, 6.45) is 3.21. The number of nitrogens with zero attached hydrogens (tertiary/aromatic N) is 2. The third-order valence-electron chi connectivity index (χ3n) is 4.77. The van der Waals surface area contributed by atoms with Crippen LogP contribution in [-0.2, 0) is 27.5 Å². The number of carbonyl (C=O) groups is 2. The molecule has 3 aromatic rings. The molecule has 2 aromatic carbocycles. The lowest BCUT2D eigenvalue weighted by Gasteiger charge is -2.23. The average Bonchev–Trinajstić information content (AvgIpc) is 3.21. The van der Waals surface area contributed by atoms with Gasteiger partial charge in [0.05, 0.1) is 25.1 Å². The Morgan fingerprint density at radius 1 is 1.12 bits per heavy atom. The van der Waals surface area contributed by atoms with Gasteiger partial charge in [-0.2, -0.15) is 0 Å². The Morgan fingerprint density at radius 3 is 2.48 bits per heavy atom. The van der Waals surface area contributed by atoms with E-state index in [9.17, 15) is 14.0 Å². The van der Waals surface area contributed by atoms with E-state index in [1.165, 1.54) is 12.1 Å². The number of hydrogen-bond acceptors (Lipinski definition) is 5. The minimum Gasteiger partial charge on any atom is -0.374 e. The van der Waals surface area contributed by atoms with Crippen LogP contribution in [0.5, 0.6) is 0 Å². The Hall–Kier alpha value is -3.56. The molecule has 0 fully saturated rings. The second-order valence-corrected chi connectivity index (χ2v) is 8.30. The van der Waals surface area contributed by atoms with Gasteiger partial charge in [-0.25, -0.2) is 9.37 Å². The van der Waals surface area contributed by atoms with Gasteiger partial charge in [-0.15, -0.1) is 0 Å². The van der Waals surface area contributed by atoms with Gasteiger partial charge < -0.3 is 25.7 Å². The van der Waals surface area contributed by atoms with Gasteiger partial charge in [0.15, 0.2) is 5.82 Å². The molecule has 2 amide bonds. The highest BCUT2D eigenvalue weighted by atomic mass is 19.1. The number of carbonyl (C=O) groups excluding carboxylic acids is 2. The van der Waals surface area contributed by atoms with E-state index in [0.717, 1.165) is 11.1 Å². The molecule has 1 heterocycles. The highest BCUT2D eigenvalue weighted by Gasteiger charge is 2.28. The number of ether oxygens (including phenoxy) is 1. The molecule has 3 rings (SSSR count). The number of amides is 2. The van der Waals surface area contributed by atoms with Crippen LogP contribution in [0.25, 0.3) is 0 Å². The zero-order valence-corrected chi connectivity index (χ0v) is 18.6. The summed E-state index contributed by atoms with van der Waals surface area (Å²) in [4.78, 5) is 29.4. The number of halogens is 1. The minimum atomic E-state index is -1.16. The number of benzene rings is 2. The molecule has 0 aliphatic carbocycles. The summed E-state index contributed by atoms with van der Waals surface area (Å²) in [5.74, 6) is -0.947. The fourth-order valence-corrected chi connectivity index (χ4v) is 2.92. The summed E-state index contributed by atoms with van der Waals surface area (Å²) in [5.41, 5.74) is 6.54. The van der Waals surface area contributed by atoms with E-state index in [-0.39, 0.29) is 12.4 Å². The van der Waals surface area contributed by atoms with Gasteiger partial charge in [0.1, 0.15) is 11.9 Å². The molecule has 4 N–H and O–H groups in total. The van der Waals surface area contributed by atoms with Crippen LogP contribution in [0.15, 0.2) is 67.1 Å². The topological polar surface area (TPSA) is 111 Å². The molecular weight excluding hydrogens is 425 g/mol. The lowest BCUT2D eigenvalue weighted by molar-refractivity contribution is -0.130. The molecular formula is C24H28FN5O3. The van der Waals surface area contributed by atoms with Crippen molar-refractivity contribution in [2.75, 3.05) is 11.9 Å². The normalized spacial score (nSPS) is 12.2. The molecule has 0 unspecified atom stereocenters. The lowest BCUT2D eigenvalue weighted by atomic mass is 10.1. The number of imidazole rings is 1. The maximum Gasteiger partial charge on any atom is 0.250 e. The Balaban J connectivity index is 1.62. The Bertz CT molecular complexity index is 1060. The second-order valence-electron chi connectivity index (χ2n) is 8.30. The van der Waals surface area contributed by atoms with Gasteiger partial charge in [0.2, 0.25) is 5.91 Å². The predicted octanol–water partition coefficient (Wildman–Crippen LogP) is 2.45. The van der Waals surface area contributed by atoms with E-state index in [0.29, 0.717) is 19.0 Å². The SMILES string of the molecule is CC(C)(N)C(=O)N[C@H](COCc1ccccc1)C(=O)Nc1cn(Cc2ccc(F)cc2)cn1. The minimum absolute atomic E-state index is 0.0428. The molecule has 0 aliphatic heterocycles. The van der Waals surface area contributed by atoms with Gasteiger partial charge >= 0.3 is 0 Å². The molecule has 1 atom stereocenters. The van der Waals surface area contributed by atoms with Gasteiger partial charge in [-0.05, 0) is 37.1 Å². The van der Waals surface area contributed by atoms with Crippen LogP contribution in [0, 0.1) is 5.82 Å². The molecule has 33 heavy (non-hydrogen) atoms. The summed E-state index contributed by atoms with van der Waals surface area (Å²) in [6, 6.07) is 14.7. The van der Waals surface area contributed by atoms with Crippen molar-refractivity contribution in [2.24, 2.45) is 5.73 Å². The van der Waals surface area contributed by atoms with Gasteiger partial charge in [-0.3, -0.25) is 9.59 Å². The number of nitrogens with one attached hydrogen (secondary N) is 2. The molecule has 0 saturated heterocycles. The summed E-state index contributed by atoms with van der Waals surface area (Å²) in [7, 11) is 0. The molecule has 0 saturated carbocycles. The first-order valence-electron chi connectivity index (χ1n) is 10.5. The first-order valence-corrected chi connectivity index (χ1v) is 10.5. The highest BCUT2D eigenvalue weighted by Crippen LogP contribution is 2.10. The third kappa shape index (κ3) is 7.51. The van der Waals surface area contributed by atoms with E-state index in [1.807, 2.05) is 30.3 Å². The van der Waals surface area contributed by atoms with Crippen molar-refractivity contribution in [1.82, 2.24) is 14.9 Å². The quantitative estimate of drug-likeness (QED) is 0.437. The van der Waals surface area contributed by atoms with E-state index in [4.69, 9.17) is 10.5 Å². The fourth-order valence-electron chi connectivity index (χ4n) is 2.92. The van der Waals surface area contributed by atoms with Crippen molar-refractivity contribution >= 4 is 17.6 Å². The van der Waals surface area contributed by atoms with Gasteiger partial charge in [0.25, 0.3) is 5.91 Å². The zero-order valence-electron chi connectivity index (χ0n) is 18.6. The van der Waals surface area contributed by atoms with Crippen LogP contribution in [0.1, 0.15) is 25.0 Å². The smallest absolute Gasteiger partial charge is 0.250 e. The maximum atomic E-state index is 13.1. The number of nitrogens with two attached hydrogens (primary N) is 1. The summed E-state index contributed by atoms with van der Waals surface area (Å²) < 4.78 is 20.5. The van der Waals surface area contributed by atoms with E-state index < -0.39 is 23.4 Å². The molecule has 1 aromatic heterocycles. The molecule has 8 nitrogen and oxygen atoms in total. The summed E-state index contributed by atoms with van der Waals surface area (Å²) >= 11 is 0. The van der Waals surface area contributed by atoms with Crippen LogP contribution in [0.3, 0.4) is 0 Å². The number of hydrogen-bond donors (Lipinski definition) is 3. The average molecular weight is 454 g/mol. The number of anilines is 1. The zero-order chi connectivity index (χ0) is 23.8. The number of rotatable bonds is 10. The maximum absolute atomic E-state index is 13.1. The molecule has 174 valence electrons. The van der Waals surface area contributed by atoms with E-state index in [2.05, 4.69) is 15.6 Å². The standard InChI is InChI=1S/C24H28FN5O3/c1-24(2,26)23(32)28-20(15-33-14-18-6-4-3-5-7-18)22(31)29-21-13-30(16-27-21)12-17-8-10-19(25)11-9-17/h3-11,13,16,20H,12,14-15,26H2,1-2H3,(H,28,32)(H,29,31)/t20-/m1/s1. The van der Waals surface area contributed by atoms with Crippen molar-refractivity contribution in [1.29, 1.82) is 0 Å². The second kappa shape index (κ2) is 10.8. The van der Waals surface area contributed by atoms with Crippen molar-refractivity contribution < 1.29 is 18.7 Å². The van der Waals surface area contributed by atoms with Crippen LogP contribution in [0.4, 0.5) is 10.2 Å². The van der Waals surface area contributed by atoms with Crippen LogP contribution in [-0.4, -0.2) is 39.6 Å². The predicted molar refractivity (Wildman–Crippen MR) is 123 cm³/mol. The number of aromatic nitrogens is 2. The van der Waals surface area contributed by atoms with E-state index >= 15 is 0 Å². The Kier molecular flexibility index (Phi) is 7.92. The third-order valence-corrected chi connectivity index (χ3v) is 4.77. The molecule has 0 spiro atoms. The van der Waals surface area contributed by atoms with Crippen LogP contribution >= 0.6 is 0 Å². The van der Waals surface area contributed by atoms with Crippen molar-refractivity contribution in [3.63, 3.8) is 0 Å². The molecule has 9 heteroatoms. The van der Waals surface area contributed by atoms with Crippen molar-refractivity contribution in [2.45, 2.75) is 38.6 Å². The van der Waals surface area contributed by atoms with Gasteiger partial charge in [0, 0.05) is 12.7 Å². The molecule has 0 aliphatic rings. The van der Waals surface area contributed by atoms with Crippen molar-refractivity contribution in [3.05, 3.63) is 84.1 Å². The Morgan fingerprint density at radius 2 is 1.82 bits per heavy atom. The summed E-state index contributed by atoms with van der Waals surface area (Å²) in [5, 5.41) is 5.34. The van der Waals surface area contributed by atoms with Gasteiger partial charge in [-0.1, -0.05) is 42.5 Å². The molecule has 0 bridgehead atoms. The first kappa shape index (κ1) is 24.1. The first-order chi connectivity index (χ1) is 15.7. The van der Waals surface area contributed by atoms with E-state index in [1.54, 1.807) is 43.1 Å². The fraction of sp³-hybridized carbons (Fsp3) is 0.292. The molecule has 0 radical (unpaired) electrons. The highest BCUT2D eigenvalue weighted by molar-refractivity contribution is 5.97. The Labute approximate surface area is 192 Å². The summed E-state index contributed by atoms with van der Waals surface area (Å²) in [6.45, 7) is 3.82. The lowest BCUT2D eigenvalue weighted by Crippen LogP contribution is -2.56.